The Hall–Kier alpha value is -1.84. The molecule has 0 unspecified atom stereocenters. The molecule has 1 aromatic rings. The highest BCUT2D eigenvalue weighted by Crippen LogP contribution is 2.01. The molecule has 73 valence electrons. The van der Waals surface area contributed by atoms with E-state index in [1.807, 2.05) is 30.3 Å². The number of benzene rings is 1. The summed E-state index contributed by atoms with van der Waals surface area (Å²) in [5.74, 6) is 0. The summed E-state index contributed by atoms with van der Waals surface area (Å²) in [5.41, 5.74) is 0.875. The molecule has 2 amide bonds. The Morgan fingerprint density at radius 2 is 2.07 bits per heavy atom. The summed E-state index contributed by atoms with van der Waals surface area (Å²) in [6, 6.07) is 9.23. The van der Waals surface area contributed by atoms with Gasteiger partial charge < -0.3 is 4.74 Å². The fourth-order valence-corrected chi connectivity index (χ4v) is 0.853. The molecule has 0 atom stereocenters. The molecule has 0 saturated heterocycles. The van der Waals surface area contributed by atoms with Crippen molar-refractivity contribution in [3.8, 4) is 0 Å². The average Bonchev–Trinajstić information content (AvgIpc) is 2.26. The Morgan fingerprint density at radius 1 is 1.43 bits per heavy atom. The predicted molar refractivity (Wildman–Crippen MR) is 50.1 cm³/mol. The molecule has 0 fully saturated rings. The van der Waals surface area contributed by atoms with Crippen molar-refractivity contribution in [2.75, 3.05) is 7.05 Å². The van der Waals surface area contributed by atoms with Gasteiger partial charge in [0.05, 0.1) is 0 Å². The molecule has 0 spiro atoms. The van der Waals surface area contributed by atoms with E-state index in [1.54, 1.807) is 0 Å². The molecule has 0 heterocycles. The number of imide groups is 1. The monoisotopic (exact) mass is 192 g/mol. The average molecular weight is 192 g/mol. The van der Waals surface area contributed by atoms with Crippen molar-refractivity contribution in [3.63, 3.8) is 0 Å². The fourth-order valence-electron chi connectivity index (χ4n) is 0.853. The first-order valence-corrected chi connectivity index (χ1v) is 4.06. The van der Waals surface area contributed by atoms with Crippen LogP contribution in [0.15, 0.2) is 30.3 Å². The van der Waals surface area contributed by atoms with Crippen LogP contribution in [0.1, 0.15) is 5.56 Å². The molecular formula is C10H10NO3. The Bertz CT molecular complexity index is 310. The lowest BCUT2D eigenvalue weighted by atomic mass is 10.2. The lowest BCUT2D eigenvalue weighted by Crippen LogP contribution is -2.25. The second-order valence-electron chi connectivity index (χ2n) is 2.69. The van der Waals surface area contributed by atoms with Gasteiger partial charge in [-0.15, -0.1) is 0 Å². The molecule has 4 nitrogen and oxygen atoms in total. The van der Waals surface area contributed by atoms with E-state index in [9.17, 15) is 9.59 Å². The molecular weight excluding hydrogens is 182 g/mol. The lowest BCUT2D eigenvalue weighted by Gasteiger charge is -2.08. The molecule has 0 aliphatic carbocycles. The van der Waals surface area contributed by atoms with Gasteiger partial charge >= 0.3 is 12.5 Å². The van der Waals surface area contributed by atoms with Gasteiger partial charge in [-0.1, -0.05) is 30.3 Å². The largest absolute Gasteiger partial charge is 0.444 e. The Morgan fingerprint density at radius 3 is 2.64 bits per heavy atom. The topological polar surface area (TPSA) is 46.6 Å². The Balaban J connectivity index is 2.42. The predicted octanol–water partition coefficient (Wildman–Crippen LogP) is 1.32. The molecule has 4 heteroatoms. The molecule has 1 aromatic carbocycles. The number of carbonyl (C=O) groups is 1. The van der Waals surface area contributed by atoms with E-state index < -0.39 is 6.09 Å². The van der Waals surface area contributed by atoms with Crippen LogP contribution in [0.4, 0.5) is 4.79 Å². The maximum Gasteiger partial charge on any atom is 0.417 e. The zero-order valence-corrected chi connectivity index (χ0v) is 7.77. The molecule has 14 heavy (non-hydrogen) atoms. The summed E-state index contributed by atoms with van der Waals surface area (Å²) in [6.45, 7) is 0.158. The first-order chi connectivity index (χ1) is 6.74. The number of amides is 2. The SMILES string of the molecule is CN([C]=O)C(=O)OCc1ccccc1. The third-order valence-electron chi connectivity index (χ3n) is 1.62. The van der Waals surface area contributed by atoms with Crippen molar-refractivity contribution in [1.82, 2.24) is 4.90 Å². The summed E-state index contributed by atoms with van der Waals surface area (Å²) < 4.78 is 4.81. The number of nitrogens with zero attached hydrogens (tertiary/aromatic N) is 1. The maximum atomic E-state index is 11.0. The van der Waals surface area contributed by atoms with Crippen molar-refractivity contribution in [3.05, 3.63) is 35.9 Å². The number of carbonyl (C=O) groups excluding carboxylic acids is 2. The van der Waals surface area contributed by atoms with Crippen LogP contribution in [0.5, 0.6) is 0 Å². The molecule has 0 aliphatic rings. The van der Waals surface area contributed by atoms with Gasteiger partial charge in [-0.2, -0.15) is 0 Å². The van der Waals surface area contributed by atoms with Crippen LogP contribution in [-0.2, 0) is 16.1 Å². The van der Waals surface area contributed by atoms with E-state index in [1.165, 1.54) is 13.5 Å². The molecule has 0 bridgehead atoms. The highest BCUT2D eigenvalue weighted by Gasteiger charge is 2.08. The molecule has 1 radical (unpaired) electrons. The zero-order valence-electron chi connectivity index (χ0n) is 7.77. The van der Waals surface area contributed by atoms with Crippen molar-refractivity contribution >= 4 is 12.5 Å². The van der Waals surface area contributed by atoms with Crippen LogP contribution < -0.4 is 0 Å². The lowest BCUT2D eigenvalue weighted by molar-refractivity contribution is 0.120. The number of hydrogen-bond donors (Lipinski definition) is 0. The minimum absolute atomic E-state index is 0.158. The van der Waals surface area contributed by atoms with Gasteiger partial charge in [-0.3, -0.25) is 4.79 Å². The first-order valence-electron chi connectivity index (χ1n) is 4.06. The minimum atomic E-state index is -0.705. The van der Waals surface area contributed by atoms with Gasteiger partial charge in [0.2, 0.25) is 0 Å². The number of rotatable bonds is 3. The summed E-state index contributed by atoms with van der Waals surface area (Å²) in [6.07, 6.45) is 0.705. The molecule has 1 rings (SSSR count). The second kappa shape index (κ2) is 5.01. The van der Waals surface area contributed by atoms with E-state index in [0.717, 1.165) is 10.5 Å². The standard InChI is InChI=1S/C10H10NO3/c1-11(8-12)10(13)14-7-9-5-3-2-4-6-9/h2-6H,7H2,1H3. The highest BCUT2D eigenvalue weighted by molar-refractivity contribution is 5.79. The fraction of sp³-hybridized carbons (Fsp3) is 0.200. The van der Waals surface area contributed by atoms with Crippen molar-refractivity contribution in [2.24, 2.45) is 0 Å². The Labute approximate surface area is 82.1 Å². The number of hydrogen-bond acceptors (Lipinski definition) is 3. The van der Waals surface area contributed by atoms with Crippen molar-refractivity contribution in [2.45, 2.75) is 6.61 Å². The molecule has 0 aliphatic heterocycles. The summed E-state index contributed by atoms with van der Waals surface area (Å²) >= 11 is 0. The molecule has 0 saturated carbocycles. The third kappa shape index (κ3) is 2.90. The van der Waals surface area contributed by atoms with Gasteiger partial charge in [-0.05, 0) is 5.56 Å². The quantitative estimate of drug-likeness (QED) is 0.678. The van der Waals surface area contributed by atoms with Crippen LogP contribution in [0.25, 0.3) is 0 Å². The molecule has 0 aromatic heterocycles. The summed E-state index contributed by atoms with van der Waals surface area (Å²) in [5, 5.41) is 0. The molecule has 0 N–H and O–H groups in total. The second-order valence-corrected chi connectivity index (χ2v) is 2.69. The van der Waals surface area contributed by atoms with Gasteiger partial charge in [0.1, 0.15) is 6.61 Å². The smallest absolute Gasteiger partial charge is 0.417 e. The van der Waals surface area contributed by atoms with Gasteiger partial charge in [-0.25, -0.2) is 9.69 Å². The normalized spacial score (nSPS) is 9.21. The van der Waals surface area contributed by atoms with Gasteiger partial charge in [0, 0.05) is 7.05 Å². The first kappa shape index (κ1) is 10.2. The summed E-state index contributed by atoms with van der Waals surface area (Å²) in [4.78, 5) is 21.8. The van der Waals surface area contributed by atoms with Gasteiger partial charge in [0.15, 0.2) is 0 Å². The van der Waals surface area contributed by atoms with Crippen LogP contribution in [-0.4, -0.2) is 24.5 Å². The highest BCUT2D eigenvalue weighted by atomic mass is 16.6. The Kier molecular flexibility index (Phi) is 3.67. The maximum absolute atomic E-state index is 11.0. The van der Waals surface area contributed by atoms with E-state index in [4.69, 9.17) is 4.74 Å². The van der Waals surface area contributed by atoms with Crippen LogP contribution in [0.3, 0.4) is 0 Å². The summed E-state index contributed by atoms with van der Waals surface area (Å²) in [7, 11) is 1.29. The number of ether oxygens (including phenoxy) is 1. The van der Waals surface area contributed by atoms with Crippen molar-refractivity contribution in [1.29, 1.82) is 0 Å². The van der Waals surface area contributed by atoms with Crippen LogP contribution in [0.2, 0.25) is 0 Å². The van der Waals surface area contributed by atoms with Crippen LogP contribution in [0, 0.1) is 0 Å². The van der Waals surface area contributed by atoms with Gasteiger partial charge in [0.25, 0.3) is 0 Å². The third-order valence-corrected chi connectivity index (χ3v) is 1.62. The van der Waals surface area contributed by atoms with E-state index in [-0.39, 0.29) is 6.61 Å². The zero-order chi connectivity index (χ0) is 10.4. The van der Waals surface area contributed by atoms with Crippen LogP contribution >= 0.6 is 0 Å². The van der Waals surface area contributed by atoms with E-state index in [0.29, 0.717) is 0 Å². The van der Waals surface area contributed by atoms with E-state index >= 15 is 0 Å². The minimum Gasteiger partial charge on any atom is -0.444 e. The van der Waals surface area contributed by atoms with E-state index in [2.05, 4.69) is 0 Å². The van der Waals surface area contributed by atoms with Crippen molar-refractivity contribution < 1.29 is 14.3 Å².